The second-order valence-electron chi connectivity index (χ2n) is 9.69. The van der Waals surface area contributed by atoms with Crippen molar-refractivity contribution < 1.29 is 24.2 Å². The third-order valence-corrected chi connectivity index (χ3v) is 6.42. The van der Waals surface area contributed by atoms with Crippen molar-refractivity contribution in [3.05, 3.63) is 70.8 Å². The average Bonchev–Trinajstić information content (AvgIpc) is 3.40. The predicted octanol–water partition coefficient (Wildman–Crippen LogP) is 4.59. The molecule has 0 saturated carbocycles. The zero-order chi connectivity index (χ0) is 23.8. The van der Waals surface area contributed by atoms with Crippen molar-refractivity contribution >= 4 is 17.4 Å². The van der Waals surface area contributed by atoms with E-state index < -0.39 is 17.7 Å². The van der Waals surface area contributed by atoms with Crippen molar-refractivity contribution in [1.82, 2.24) is 4.90 Å². The molecule has 0 bridgehead atoms. The quantitative estimate of drug-likeness (QED) is 0.410. The number of ether oxygens (including phenoxy) is 2. The molecule has 2 fully saturated rings. The summed E-state index contributed by atoms with van der Waals surface area (Å²) in [4.78, 5) is 27.8. The van der Waals surface area contributed by atoms with Gasteiger partial charge in [-0.1, -0.05) is 45.0 Å². The summed E-state index contributed by atoms with van der Waals surface area (Å²) in [5.74, 6) is -0.827. The second kappa shape index (κ2) is 9.02. The topological polar surface area (TPSA) is 76.1 Å². The Balaban J connectivity index is 1.80. The van der Waals surface area contributed by atoms with Crippen LogP contribution < -0.4 is 4.74 Å². The number of likely N-dealkylation sites (tertiary alicyclic amines) is 1. The SMILES string of the molecule is COc1ccc(C(O)=C2C(=O)C(=O)N(CC3CCCO3)C2c2ccc(C(C)(C)C)cc2)cc1. The summed E-state index contributed by atoms with van der Waals surface area (Å²) in [6, 6.07) is 14.1. The van der Waals surface area contributed by atoms with Crippen molar-refractivity contribution in [3.63, 3.8) is 0 Å². The zero-order valence-electron chi connectivity index (χ0n) is 19.6. The van der Waals surface area contributed by atoms with Crippen molar-refractivity contribution in [3.8, 4) is 5.75 Å². The number of carbonyl (C=O) groups excluding carboxylic acids is 2. The third kappa shape index (κ3) is 4.53. The Morgan fingerprint density at radius 3 is 2.30 bits per heavy atom. The van der Waals surface area contributed by atoms with Crippen LogP contribution in [0, 0.1) is 0 Å². The molecule has 6 nitrogen and oxygen atoms in total. The maximum Gasteiger partial charge on any atom is 0.295 e. The van der Waals surface area contributed by atoms with E-state index in [1.54, 1.807) is 36.3 Å². The molecule has 174 valence electrons. The van der Waals surface area contributed by atoms with Gasteiger partial charge in [-0.15, -0.1) is 0 Å². The Morgan fingerprint density at radius 2 is 1.76 bits per heavy atom. The predicted molar refractivity (Wildman–Crippen MR) is 126 cm³/mol. The fourth-order valence-electron chi connectivity index (χ4n) is 4.49. The van der Waals surface area contributed by atoms with Gasteiger partial charge in [0, 0.05) is 18.7 Å². The van der Waals surface area contributed by atoms with Crippen molar-refractivity contribution in [2.45, 2.75) is 51.2 Å². The van der Waals surface area contributed by atoms with Gasteiger partial charge in [0.05, 0.1) is 24.8 Å². The second-order valence-corrected chi connectivity index (χ2v) is 9.69. The number of benzene rings is 2. The zero-order valence-corrected chi connectivity index (χ0v) is 19.6. The smallest absolute Gasteiger partial charge is 0.295 e. The molecule has 2 aliphatic heterocycles. The van der Waals surface area contributed by atoms with Gasteiger partial charge in [0.2, 0.25) is 0 Å². The van der Waals surface area contributed by atoms with Crippen LogP contribution in [0.5, 0.6) is 5.75 Å². The molecule has 0 aliphatic carbocycles. The Morgan fingerprint density at radius 1 is 1.09 bits per heavy atom. The molecule has 2 aromatic carbocycles. The maximum atomic E-state index is 13.2. The van der Waals surface area contributed by atoms with Crippen LogP contribution in [-0.2, 0) is 19.7 Å². The molecule has 2 unspecified atom stereocenters. The van der Waals surface area contributed by atoms with E-state index in [1.807, 2.05) is 24.3 Å². The molecule has 2 aliphatic rings. The number of carbonyl (C=O) groups is 2. The van der Waals surface area contributed by atoms with Crippen LogP contribution in [-0.4, -0.2) is 48.1 Å². The van der Waals surface area contributed by atoms with E-state index in [0.29, 0.717) is 24.5 Å². The maximum absolute atomic E-state index is 13.2. The lowest BCUT2D eigenvalue weighted by atomic mass is 9.85. The molecule has 1 amide bonds. The lowest BCUT2D eigenvalue weighted by Gasteiger charge is -2.28. The highest BCUT2D eigenvalue weighted by Gasteiger charge is 2.47. The number of aliphatic hydroxyl groups excluding tert-OH is 1. The molecule has 1 N–H and O–H groups in total. The largest absolute Gasteiger partial charge is 0.507 e. The van der Waals surface area contributed by atoms with Crippen LogP contribution >= 0.6 is 0 Å². The van der Waals surface area contributed by atoms with Crippen molar-refractivity contribution in [1.29, 1.82) is 0 Å². The van der Waals surface area contributed by atoms with Gasteiger partial charge in [-0.2, -0.15) is 0 Å². The van der Waals surface area contributed by atoms with E-state index in [4.69, 9.17) is 9.47 Å². The van der Waals surface area contributed by atoms with Gasteiger partial charge in [-0.05, 0) is 53.6 Å². The van der Waals surface area contributed by atoms with Crippen LogP contribution in [0.1, 0.15) is 56.3 Å². The number of nitrogens with zero attached hydrogens (tertiary/aromatic N) is 1. The summed E-state index contributed by atoms with van der Waals surface area (Å²) in [6.07, 6.45) is 1.67. The van der Waals surface area contributed by atoms with E-state index in [9.17, 15) is 14.7 Å². The summed E-state index contributed by atoms with van der Waals surface area (Å²) in [5, 5.41) is 11.2. The number of aliphatic hydroxyl groups is 1. The van der Waals surface area contributed by atoms with Gasteiger partial charge in [0.15, 0.2) is 0 Å². The Hall–Kier alpha value is -3.12. The lowest BCUT2D eigenvalue weighted by molar-refractivity contribution is -0.140. The van der Waals surface area contributed by atoms with Gasteiger partial charge in [-0.25, -0.2) is 0 Å². The first-order valence-corrected chi connectivity index (χ1v) is 11.4. The third-order valence-electron chi connectivity index (χ3n) is 6.42. The molecule has 4 rings (SSSR count). The first-order chi connectivity index (χ1) is 15.7. The van der Waals surface area contributed by atoms with E-state index >= 15 is 0 Å². The number of Topliss-reactive ketones (excluding diaryl/α,β-unsaturated/α-hetero) is 1. The standard InChI is InChI=1S/C27H31NO5/c1-27(2,3)19-11-7-17(8-12-19)23-22(24(29)18-9-13-20(32-4)14-10-18)25(30)26(31)28(23)16-21-6-5-15-33-21/h7-14,21,23,29H,5-6,15-16H2,1-4H3. The average molecular weight is 450 g/mol. The van der Waals surface area contributed by atoms with E-state index in [0.717, 1.165) is 24.0 Å². The highest BCUT2D eigenvalue weighted by atomic mass is 16.5. The van der Waals surface area contributed by atoms with Gasteiger partial charge in [-0.3, -0.25) is 9.59 Å². The number of hydrogen-bond acceptors (Lipinski definition) is 5. The van der Waals surface area contributed by atoms with Gasteiger partial charge >= 0.3 is 0 Å². The number of ketones is 1. The van der Waals surface area contributed by atoms with Gasteiger partial charge in [0.25, 0.3) is 11.7 Å². The van der Waals surface area contributed by atoms with Crippen LogP contribution in [0.3, 0.4) is 0 Å². The summed E-state index contributed by atoms with van der Waals surface area (Å²) >= 11 is 0. The Labute approximate surface area is 194 Å². The van der Waals surface area contributed by atoms with E-state index in [2.05, 4.69) is 20.8 Å². The first kappa shape index (κ1) is 23.1. The van der Waals surface area contributed by atoms with Gasteiger partial charge in [0.1, 0.15) is 11.5 Å². The Bertz CT molecular complexity index is 1060. The molecule has 0 radical (unpaired) electrons. The molecule has 2 atom stereocenters. The number of methoxy groups -OCH3 is 1. The van der Waals surface area contributed by atoms with Crippen LogP contribution in [0.4, 0.5) is 0 Å². The minimum absolute atomic E-state index is 0.0267. The van der Waals surface area contributed by atoms with Crippen molar-refractivity contribution in [2.24, 2.45) is 0 Å². The molecule has 2 aromatic rings. The van der Waals surface area contributed by atoms with Crippen molar-refractivity contribution in [2.75, 3.05) is 20.3 Å². The van der Waals surface area contributed by atoms with E-state index in [-0.39, 0.29) is 22.9 Å². The number of hydrogen-bond donors (Lipinski definition) is 1. The van der Waals surface area contributed by atoms with Crippen LogP contribution in [0.25, 0.3) is 5.76 Å². The molecule has 0 aromatic heterocycles. The molecule has 0 spiro atoms. The molecule has 33 heavy (non-hydrogen) atoms. The molecular formula is C27H31NO5. The minimum Gasteiger partial charge on any atom is -0.507 e. The fraction of sp³-hybridized carbons (Fsp3) is 0.407. The summed E-state index contributed by atoms with van der Waals surface area (Å²) < 4.78 is 10.9. The molecular weight excluding hydrogens is 418 g/mol. The van der Waals surface area contributed by atoms with E-state index in [1.165, 1.54) is 0 Å². The number of rotatable bonds is 5. The molecule has 6 heteroatoms. The Kier molecular flexibility index (Phi) is 6.30. The molecule has 2 saturated heterocycles. The highest BCUT2D eigenvalue weighted by molar-refractivity contribution is 6.46. The minimum atomic E-state index is -0.676. The highest BCUT2D eigenvalue weighted by Crippen LogP contribution is 2.40. The first-order valence-electron chi connectivity index (χ1n) is 11.4. The van der Waals surface area contributed by atoms with Crippen LogP contribution in [0.15, 0.2) is 54.1 Å². The normalized spacial score (nSPS) is 22.7. The van der Waals surface area contributed by atoms with Gasteiger partial charge < -0.3 is 19.5 Å². The lowest BCUT2D eigenvalue weighted by Crippen LogP contribution is -2.36. The molecule has 2 heterocycles. The summed E-state index contributed by atoms with van der Waals surface area (Å²) in [6.45, 7) is 7.38. The van der Waals surface area contributed by atoms with Crippen LogP contribution in [0.2, 0.25) is 0 Å². The number of amides is 1. The summed E-state index contributed by atoms with van der Waals surface area (Å²) in [5.41, 5.74) is 2.47. The fourth-order valence-corrected chi connectivity index (χ4v) is 4.49. The monoisotopic (exact) mass is 449 g/mol. The summed E-state index contributed by atoms with van der Waals surface area (Å²) in [7, 11) is 1.56.